The van der Waals surface area contributed by atoms with Gasteiger partial charge in [0.1, 0.15) is 5.75 Å². The third-order valence-electron chi connectivity index (χ3n) is 4.28. The topological polar surface area (TPSA) is 46.1 Å². The van der Waals surface area contributed by atoms with Crippen LogP contribution in [0.2, 0.25) is 0 Å². The fourth-order valence-corrected chi connectivity index (χ4v) is 2.84. The first-order chi connectivity index (χ1) is 13.2. The Morgan fingerprint density at radius 3 is 2.46 bits per heavy atom. The second kappa shape index (κ2) is 14.2. The SMILES string of the molecule is CN=C(NCCCCOCc1ccccc1)N(C)Cc1ccccc1OC.I. The van der Waals surface area contributed by atoms with Gasteiger partial charge in [-0.1, -0.05) is 48.5 Å². The number of nitrogens with zero attached hydrogens (tertiary/aromatic N) is 2. The Bertz CT molecular complexity index is 695. The maximum atomic E-state index is 5.72. The maximum Gasteiger partial charge on any atom is 0.193 e. The molecule has 2 aromatic rings. The van der Waals surface area contributed by atoms with Gasteiger partial charge < -0.3 is 19.7 Å². The van der Waals surface area contributed by atoms with E-state index in [9.17, 15) is 0 Å². The third kappa shape index (κ3) is 8.48. The number of hydrogen-bond acceptors (Lipinski definition) is 3. The van der Waals surface area contributed by atoms with Crippen molar-refractivity contribution in [3.63, 3.8) is 0 Å². The van der Waals surface area contributed by atoms with Crippen molar-refractivity contribution in [3.8, 4) is 5.75 Å². The molecule has 5 nitrogen and oxygen atoms in total. The van der Waals surface area contributed by atoms with Crippen molar-refractivity contribution in [3.05, 3.63) is 65.7 Å². The predicted octanol–water partition coefficient (Wildman–Crippen LogP) is 4.32. The van der Waals surface area contributed by atoms with Gasteiger partial charge in [0.05, 0.1) is 13.7 Å². The van der Waals surface area contributed by atoms with Gasteiger partial charge in [-0.15, -0.1) is 24.0 Å². The summed E-state index contributed by atoms with van der Waals surface area (Å²) in [6.45, 7) is 3.06. The van der Waals surface area contributed by atoms with E-state index in [0.29, 0.717) is 6.61 Å². The molecule has 0 radical (unpaired) electrons. The molecule has 28 heavy (non-hydrogen) atoms. The number of methoxy groups -OCH3 is 1. The lowest BCUT2D eigenvalue weighted by Crippen LogP contribution is -2.39. The average molecular weight is 497 g/mol. The molecular weight excluding hydrogens is 465 g/mol. The Morgan fingerprint density at radius 2 is 1.75 bits per heavy atom. The summed E-state index contributed by atoms with van der Waals surface area (Å²) in [5.74, 6) is 1.78. The summed E-state index contributed by atoms with van der Waals surface area (Å²) >= 11 is 0. The summed E-state index contributed by atoms with van der Waals surface area (Å²) in [7, 11) is 5.54. The Labute approximate surface area is 186 Å². The highest BCUT2D eigenvalue weighted by molar-refractivity contribution is 14.0. The van der Waals surface area contributed by atoms with Crippen molar-refractivity contribution in [2.75, 3.05) is 34.4 Å². The number of hydrogen-bond donors (Lipinski definition) is 1. The summed E-state index contributed by atoms with van der Waals surface area (Å²) in [6, 6.07) is 18.3. The van der Waals surface area contributed by atoms with Gasteiger partial charge in [-0.25, -0.2) is 0 Å². The van der Waals surface area contributed by atoms with Crippen LogP contribution in [0.5, 0.6) is 5.75 Å². The number of guanidine groups is 1. The van der Waals surface area contributed by atoms with Crippen LogP contribution in [0, 0.1) is 0 Å². The van der Waals surface area contributed by atoms with Crippen LogP contribution >= 0.6 is 24.0 Å². The molecule has 0 aliphatic carbocycles. The molecule has 2 aromatic carbocycles. The van der Waals surface area contributed by atoms with Crippen molar-refractivity contribution in [1.82, 2.24) is 10.2 Å². The van der Waals surface area contributed by atoms with E-state index in [4.69, 9.17) is 9.47 Å². The summed E-state index contributed by atoms with van der Waals surface area (Å²) in [5.41, 5.74) is 2.36. The first-order valence-electron chi connectivity index (χ1n) is 9.40. The quantitative estimate of drug-likeness (QED) is 0.230. The van der Waals surface area contributed by atoms with E-state index in [1.54, 1.807) is 7.11 Å². The van der Waals surface area contributed by atoms with E-state index in [2.05, 4.69) is 33.4 Å². The highest BCUT2D eigenvalue weighted by Crippen LogP contribution is 2.18. The minimum atomic E-state index is 0. The van der Waals surface area contributed by atoms with E-state index in [1.807, 2.05) is 50.5 Å². The zero-order valence-corrected chi connectivity index (χ0v) is 19.4. The van der Waals surface area contributed by atoms with Crippen LogP contribution in [-0.4, -0.2) is 45.2 Å². The van der Waals surface area contributed by atoms with Crippen LogP contribution < -0.4 is 10.1 Å². The largest absolute Gasteiger partial charge is 0.496 e. The van der Waals surface area contributed by atoms with E-state index < -0.39 is 0 Å². The normalized spacial score (nSPS) is 10.9. The predicted molar refractivity (Wildman–Crippen MR) is 127 cm³/mol. The molecule has 0 bridgehead atoms. The van der Waals surface area contributed by atoms with Gasteiger partial charge >= 0.3 is 0 Å². The monoisotopic (exact) mass is 497 g/mol. The molecule has 0 heterocycles. The standard InChI is InChI=1S/C22H31N3O2.HI/c1-23-22(25(2)17-20-13-7-8-14-21(20)26-3)24-15-9-10-16-27-18-19-11-5-4-6-12-19;/h4-8,11-14H,9-10,15-18H2,1-3H3,(H,23,24);1H. The molecule has 0 saturated carbocycles. The molecule has 154 valence electrons. The first kappa shape index (κ1) is 24.2. The van der Waals surface area contributed by atoms with Crippen molar-refractivity contribution >= 4 is 29.9 Å². The number of para-hydroxylation sites is 1. The minimum Gasteiger partial charge on any atom is -0.496 e. The molecule has 2 rings (SSSR count). The van der Waals surface area contributed by atoms with E-state index in [1.165, 1.54) is 5.56 Å². The lowest BCUT2D eigenvalue weighted by atomic mass is 10.2. The Hall–Kier alpha value is -1.80. The molecule has 0 amide bonds. The molecule has 0 spiro atoms. The lowest BCUT2D eigenvalue weighted by molar-refractivity contribution is 0.117. The molecular formula is C22H32IN3O2. The Kier molecular flexibility index (Phi) is 12.3. The van der Waals surface area contributed by atoms with Crippen LogP contribution in [0.1, 0.15) is 24.0 Å². The van der Waals surface area contributed by atoms with Crippen molar-refractivity contribution < 1.29 is 9.47 Å². The smallest absolute Gasteiger partial charge is 0.193 e. The molecule has 1 N–H and O–H groups in total. The molecule has 0 atom stereocenters. The minimum absolute atomic E-state index is 0. The zero-order valence-electron chi connectivity index (χ0n) is 17.1. The van der Waals surface area contributed by atoms with Gasteiger partial charge in [0.2, 0.25) is 0 Å². The van der Waals surface area contributed by atoms with E-state index in [0.717, 1.165) is 49.8 Å². The molecule has 0 saturated heterocycles. The Balaban J connectivity index is 0.00000392. The molecule has 0 aliphatic rings. The van der Waals surface area contributed by atoms with Gasteiger partial charge in [0.15, 0.2) is 5.96 Å². The third-order valence-corrected chi connectivity index (χ3v) is 4.28. The van der Waals surface area contributed by atoms with Gasteiger partial charge in [0, 0.05) is 39.4 Å². The second-order valence-corrected chi connectivity index (χ2v) is 6.39. The van der Waals surface area contributed by atoms with Gasteiger partial charge in [-0.3, -0.25) is 4.99 Å². The number of unbranched alkanes of at least 4 members (excludes halogenated alkanes) is 1. The summed E-state index contributed by atoms with van der Waals surface area (Å²) in [4.78, 5) is 6.47. The second-order valence-electron chi connectivity index (χ2n) is 6.39. The summed E-state index contributed by atoms with van der Waals surface area (Å²) in [5, 5.41) is 3.42. The van der Waals surface area contributed by atoms with Crippen molar-refractivity contribution in [2.24, 2.45) is 4.99 Å². The lowest BCUT2D eigenvalue weighted by Gasteiger charge is -2.23. The molecule has 0 aliphatic heterocycles. The number of benzene rings is 2. The fourth-order valence-electron chi connectivity index (χ4n) is 2.84. The first-order valence-corrected chi connectivity index (χ1v) is 9.40. The fraction of sp³-hybridized carbons (Fsp3) is 0.409. The maximum absolute atomic E-state index is 5.72. The molecule has 0 fully saturated rings. The van der Waals surface area contributed by atoms with Crippen LogP contribution in [0.3, 0.4) is 0 Å². The molecule has 0 unspecified atom stereocenters. The van der Waals surface area contributed by atoms with E-state index >= 15 is 0 Å². The zero-order chi connectivity index (χ0) is 19.3. The number of nitrogens with one attached hydrogen (secondary N) is 1. The van der Waals surface area contributed by atoms with E-state index in [-0.39, 0.29) is 24.0 Å². The van der Waals surface area contributed by atoms with Crippen LogP contribution in [0.4, 0.5) is 0 Å². The number of aliphatic imine (C=N–C) groups is 1. The van der Waals surface area contributed by atoms with Gasteiger partial charge in [-0.05, 0) is 24.5 Å². The highest BCUT2D eigenvalue weighted by atomic mass is 127. The highest BCUT2D eigenvalue weighted by Gasteiger charge is 2.09. The average Bonchev–Trinajstić information content (AvgIpc) is 2.71. The number of ether oxygens (including phenoxy) is 2. The van der Waals surface area contributed by atoms with Crippen LogP contribution in [0.15, 0.2) is 59.6 Å². The van der Waals surface area contributed by atoms with Crippen molar-refractivity contribution in [1.29, 1.82) is 0 Å². The molecule has 0 aromatic heterocycles. The van der Waals surface area contributed by atoms with Crippen molar-refractivity contribution in [2.45, 2.75) is 26.0 Å². The molecule has 6 heteroatoms. The Morgan fingerprint density at radius 1 is 1.04 bits per heavy atom. The summed E-state index contributed by atoms with van der Waals surface area (Å²) < 4.78 is 11.1. The van der Waals surface area contributed by atoms with Gasteiger partial charge in [-0.2, -0.15) is 0 Å². The summed E-state index contributed by atoms with van der Waals surface area (Å²) in [6.07, 6.45) is 2.06. The number of halogens is 1. The van der Waals surface area contributed by atoms with Gasteiger partial charge in [0.25, 0.3) is 0 Å². The van der Waals surface area contributed by atoms with Crippen LogP contribution in [0.25, 0.3) is 0 Å². The van der Waals surface area contributed by atoms with Crippen LogP contribution in [-0.2, 0) is 17.9 Å². The number of rotatable bonds is 10.